The molecule has 3 aromatic rings. The van der Waals surface area contributed by atoms with Crippen LogP contribution in [0.15, 0.2) is 60.9 Å². The molecule has 0 fully saturated rings. The summed E-state index contributed by atoms with van der Waals surface area (Å²) in [5, 5.41) is 12.2. The maximum absolute atomic E-state index is 11.6. The van der Waals surface area contributed by atoms with E-state index >= 15 is 0 Å². The quantitative estimate of drug-likeness (QED) is 0.729. The van der Waals surface area contributed by atoms with Crippen LogP contribution in [0.2, 0.25) is 5.02 Å². The van der Waals surface area contributed by atoms with Gasteiger partial charge in [-0.25, -0.2) is 4.98 Å². The van der Waals surface area contributed by atoms with Gasteiger partial charge < -0.3 is 10.1 Å². The van der Waals surface area contributed by atoms with Crippen LogP contribution in [-0.4, -0.2) is 15.1 Å². The number of rotatable bonds is 3. The summed E-state index contributed by atoms with van der Waals surface area (Å²) in [7, 11) is 0. The minimum absolute atomic E-state index is 0.0571. The first-order valence-electron chi connectivity index (χ1n) is 7.91. The Labute approximate surface area is 147 Å². The molecule has 124 valence electrons. The summed E-state index contributed by atoms with van der Waals surface area (Å²) in [5.74, 6) is 0.480. The van der Waals surface area contributed by atoms with Gasteiger partial charge in [0.25, 0.3) is 0 Å². The molecule has 0 saturated heterocycles. The highest BCUT2D eigenvalue weighted by atomic mass is 35.5. The number of halogens is 1. The fourth-order valence-electron chi connectivity index (χ4n) is 2.81. The first-order valence-corrected chi connectivity index (χ1v) is 8.29. The normalized spacial score (nSPS) is 14.4. The lowest BCUT2D eigenvalue weighted by atomic mass is 9.82. The molecule has 0 spiro atoms. The Morgan fingerprint density at radius 2 is 1.38 bits per heavy atom. The number of nitrogens with one attached hydrogen (secondary N) is 1. The number of imidazole rings is 1. The standard InChI is InChI=1S/C20H21ClN2O/c1-19(2,3)14-4-6-15(7-5-14)20(24,18-22-12-13-23-18)16-8-10-17(21)11-9-16/h4-13,24H,1-3H3,(H,22,23). The Hall–Kier alpha value is -2.10. The molecular formula is C20H21ClN2O. The lowest BCUT2D eigenvalue weighted by Crippen LogP contribution is -2.30. The van der Waals surface area contributed by atoms with Crippen LogP contribution in [0.3, 0.4) is 0 Å². The second kappa shape index (κ2) is 6.08. The van der Waals surface area contributed by atoms with Gasteiger partial charge in [0.05, 0.1) is 0 Å². The zero-order chi connectivity index (χ0) is 17.4. The molecule has 4 heteroatoms. The van der Waals surface area contributed by atoms with E-state index in [1.54, 1.807) is 24.5 Å². The fraction of sp³-hybridized carbons (Fsp3) is 0.250. The van der Waals surface area contributed by atoms with Crippen molar-refractivity contribution in [3.63, 3.8) is 0 Å². The third kappa shape index (κ3) is 2.97. The topological polar surface area (TPSA) is 48.9 Å². The second-order valence-electron chi connectivity index (χ2n) is 6.98. The van der Waals surface area contributed by atoms with E-state index in [9.17, 15) is 5.11 Å². The molecule has 0 aliphatic carbocycles. The summed E-state index contributed by atoms with van der Waals surface area (Å²) in [6.45, 7) is 6.50. The van der Waals surface area contributed by atoms with Crippen LogP contribution >= 0.6 is 11.6 Å². The van der Waals surface area contributed by atoms with Crippen molar-refractivity contribution in [1.29, 1.82) is 0 Å². The van der Waals surface area contributed by atoms with Crippen LogP contribution < -0.4 is 0 Å². The maximum atomic E-state index is 11.6. The van der Waals surface area contributed by atoms with Gasteiger partial charge in [0.2, 0.25) is 0 Å². The van der Waals surface area contributed by atoms with Crippen LogP contribution in [0.25, 0.3) is 0 Å². The van der Waals surface area contributed by atoms with Crippen molar-refractivity contribution in [2.45, 2.75) is 31.8 Å². The molecule has 0 saturated carbocycles. The summed E-state index contributed by atoms with van der Waals surface area (Å²) < 4.78 is 0. The van der Waals surface area contributed by atoms with Crippen molar-refractivity contribution < 1.29 is 5.11 Å². The molecule has 3 rings (SSSR count). The van der Waals surface area contributed by atoms with Crippen LogP contribution in [0.5, 0.6) is 0 Å². The number of H-pyrrole nitrogens is 1. The summed E-state index contributed by atoms with van der Waals surface area (Å²) in [6.07, 6.45) is 3.35. The van der Waals surface area contributed by atoms with E-state index in [0.29, 0.717) is 16.4 Å². The first kappa shape index (κ1) is 16.7. The lowest BCUT2D eigenvalue weighted by Gasteiger charge is -2.28. The van der Waals surface area contributed by atoms with Gasteiger partial charge in [0.15, 0.2) is 5.60 Å². The van der Waals surface area contributed by atoms with E-state index in [1.807, 2.05) is 24.3 Å². The smallest absolute Gasteiger partial charge is 0.172 e. The van der Waals surface area contributed by atoms with E-state index in [2.05, 4.69) is 42.9 Å². The number of hydrogen-bond donors (Lipinski definition) is 2. The Morgan fingerprint density at radius 1 is 0.875 bits per heavy atom. The van der Waals surface area contributed by atoms with Crippen molar-refractivity contribution in [3.05, 3.63) is 88.5 Å². The van der Waals surface area contributed by atoms with E-state index < -0.39 is 5.60 Å². The molecule has 2 aromatic carbocycles. The molecule has 2 N–H and O–H groups in total. The summed E-state index contributed by atoms with van der Waals surface area (Å²) in [6, 6.07) is 15.2. The number of nitrogens with zero attached hydrogens (tertiary/aromatic N) is 1. The Bertz CT molecular complexity index is 802. The highest BCUT2D eigenvalue weighted by Gasteiger charge is 2.36. The van der Waals surface area contributed by atoms with Crippen molar-refractivity contribution in [2.75, 3.05) is 0 Å². The molecule has 0 bridgehead atoms. The molecular weight excluding hydrogens is 320 g/mol. The molecule has 1 aromatic heterocycles. The number of aliphatic hydroxyl groups is 1. The molecule has 1 unspecified atom stereocenters. The summed E-state index contributed by atoms with van der Waals surface area (Å²) in [4.78, 5) is 7.34. The van der Waals surface area contributed by atoms with Crippen LogP contribution in [0, 0.1) is 0 Å². The van der Waals surface area contributed by atoms with Crippen molar-refractivity contribution >= 4 is 11.6 Å². The molecule has 0 amide bonds. The minimum Gasteiger partial charge on any atom is -0.373 e. The highest BCUT2D eigenvalue weighted by Crippen LogP contribution is 2.36. The lowest BCUT2D eigenvalue weighted by molar-refractivity contribution is 0.116. The molecule has 3 nitrogen and oxygen atoms in total. The van der Waals surface area contributed by atoms with Gasteiger partial charge in [-0.3, -0.25) is 0 Å². The molecule has 0 radical (unpaired) electrons. The first-order chi connectivity index (χ1) is 11.3. The second-order valence-corrected chi connectivity index (χ2v) is 7.42. The van der Waals surface area contributed by atoms with Crippen molar-refractivity contribution in [1.82, 2.24) is 9.97 Å². The summed E-state index contributed by atoms with van der Waals surface area (Å²) >= 11 is 6.00. The highest BCUT2D eigenvalue weighted by molar-refractivity contribution is 6.30. The fourth-order valence-corrected chi connectivity index (χ4v) is 2.93. The number of aromatic amines is 1. The van der Waals surface area contributed by atoms with Gasteiger partial charge in [-0.15, -0.1) is 0 Å². The molecule has 0 aliphatic rings. The molecule has 1 heterocycles. The minimum atomic E-state index is -1.36. The molecule has 0 aliphatic heterocycles. The molecule has 24 heavy (non-hydrogen) atoms. The zero-order valence-corrected chi connectivity index (χ0v) is 14.8. The van der Waals surface area contributed by atoms with Crippen LogP contribution in [0.4, 0.5) is 0 Å². The van der Waals surface area contributed by atoms with Gasteiger partial charge >= 0.3 is 0 Å². The van der Waals surface area contributed by atoms with E-state index in [1.165, 1.54) is 5.56 Å². The van der Waals surface area contributed by atoms with Gasteiger partial charge in [0, 0.05) is 17.4 Å². The zero-order valence-electron chi connectivity index (χ0n) is 14.0. The van der Waals surface area contributed by atoms with Gasteiger partial charge in [0.1, 0.15) is 5.82 Å². The van der Waals surface area contributed by atoms with Gasteiger partial charge in [-0.2, -0.15) is 0 Å². The van der Waals surface area contributed by atoms with Crippen LogP contribution in [0.1, 0.15) is 43.3 Å². The predicted octanol–water partition coefficient (Wildman–Crippen LogP) is 4.64. The SMILES string of the molecule is CC(C)(C)c1ccc(C(O)(c2ccc(Cl)cc2)c2ncc[nH]2)cc1. The maximum Gasteiger partial charge on any atom is 0.172 e. The predicted molar refractivity (Wildman–Crippen MR) is 97.3 cm³/mol. The average Bonchev–Trinajstić information content (AvgIpc) is 3.09. The number of benzene rings is 2. The van der Waals surface area contributed by atoms with Crippen LogP contribution in [-0.2, 0) is 11.0 Å². The van der Waals surface area contributed by atoms with E-state index in [0.717, 1.165) is 5.56 Å². The molecule has 1 atom stereocenters. The van der Waals surface area contributed by atoms with E-state index in [-0.39, 0.29) is 5.41 Å². The van der Waals surface area contributed by atoms with Gasteiger partial charge in [-0.1, -0.05) is 68.8 Å². The van der Waals surface area contributed by atoms with E-state index in [4.69, 9.17) is 11.6 Å². The monoisotopic (exact) mass is 340 g/mol. The third-order valence-corrected chi connectivity index (χ3v) is 4.52. The van der Waals surface area contributed by atoms with Gasteiger partial charge in [-0.05, 0) is 34.2 Å². The Morgan fingerprint density at radius 3 is 1.83 bits per heavy atom. The third-order valence-electron chi connectivity index (χ3n) is 4.27. The largest absolute Gasteiger partial charge is 0.373 e. The summed E-state index contributed by atoms with van der Waals surface area (Å²) in [5.41, 5.74) is 1.38. The Kier molecular flexibility index (Phi) is 4.24. The number of hydrogen-bond acceptors (Lipinski definition) is 2. The average molecular weight is 341 g/mol. The van der Waals surface area contributed by atoms with Crippen molar-refractivity contribution in [3.8, 4) is 0 Å². The number of aromatic nitrogens is 2. The Balaban J connectivity index is 2.14. The van der Waals surface area contributed by atoms with Crippen molar-refractivity contribution in [2.24, 2.45) is 0 Å².